The molecule has 2 aromatic rings. The molecule has 1 aromatic carbocycles. The highest BCUT2D eigenvalue weighted by Gasteiger charge is 2.51. The fourth-order valence-electron chi connectivity index (χ4n) is 4.06. The average molecular weight is 496 g/mol. The van der Waals surface area contributed by atoms with Crippen molar-refractivity contribution in [2.45, 2.75) is 65.3 Å². The summed E-state index contributed by atoms with van der Waals surface area (Å²) < 4.78 is 58.0. The van der Waals surface area contributed by atoms with Crippen molar-refractivity contribution in [3.05, 3.63) is 51.3 Å². The third-order valence-electron chi connectivity index (χ3n) is 6.31. The van der Waals surface area contributed by atoms with Gasteiger partial charge >= 0.3 is 12.1 Å². The quantitative estimate of drug-likeness (QED) is 0.358. The molecule has 1 aromatic heterocycles. The van der Waals surface area contributed by atoms with Crippen molar-refractivity contribution in [1.82, 2.24) is 4.57 Å². The minimum Gasteiger partial charge on any atom is -0.493 e. The number of hydrogen-bond acceptors (Lipinski definition) is 5. The fraction of sp³-hybridized carbons (Fsp3) is 0.538. The van der Waals surface area contributed by atoms with E-state index in [1.54, 1.807) is 26.3 Å². The number of aryl methyl sites for hydroxylation is 1. The Balaban J connectivity index is 2.14. The molecule has 1 atom stereocenters. The van der Waals surface area contributed by atoms with Crippen LogP contribution in [0.15, 0.2) is 29.2 Å². The molecule has 2 heterocycles. The number of hydrogen-bond donors (Lipinski definition) is 0. The molecule has 0 spiro atoms. The number of benzene rings is 1. The van der Waals surface area contributed by atoms with Gasteiger partial charge in [0.1, 0.15) is 11.3 Å². The highest BCUT2D eigenvalue weighted by Crippen LogP contribution is 2.41. The summed E-state index contributed by atoms with van der Waals surface area (Å²) in [6.45, 7) is 8.14. The molecule has 35 heavy (non-hydrogen) atoms. The van der Waals surface area contributed by atoms with Crippen molar-refractivity contribution in [3.8, 4) is 17.0 Å². The smallest absolute Gasteiger partial charge is 0.427 e. The van der Waals surface area contributed by atoms with Crippen LogP contribution in [0.2, 0.25) is 0 Å². The second-order valence-electron chi connectivity index (χ2n) is 9.73. The SMILES string of the molecule is COCCCOc1cc2c(cc1C(=O)OC(C)(C)C(F)(F)F)-c1cc(=O)c(C)cn1C(C(C)C)C2. The van der Waals surface area contributed by atoms with Gasteiger partial charge < -0.3 is 18.8 Å². The Labute approximate surface area is 203 Å². The lowest BCUT2D eigenvalue weighted by Gasteiger charge is -2.34. The summed E-state index contributed by atoms with van der Waals surface area (Å²) in [7, 11) is 1.55. The molecule has 0 saturated heterocycles. The number of rotatable bonds is 8. The van der Waals surface area contributed by atoms with Crippen LogP contribution in [0.1, 0.15) is 61.6 Å². The van der Waals surface area contributed by atoms with Gasteiger partial charge in [-0.25, -0.2) is 4.79 Å². The van der Waals surface area contributed by atoms with Crippen LogP contribution in [-0.2, 0) is 15.9 Å². The maximum atomic E-state index is 13.4. The predicted octanol–water partition coefficient (Wildman–Crippen LogP) is 5.49. The van der Waals surface area contributed by atoms with Crippen LogP contribution < -0.4 is 10.2 Å². The summed E-state index contributed by atoms with van der Waals surface area (Å²) in [6.07, 6.45) is -1.81. The summed E-state index contributed by atoms with van der Waals surface area (Å²) in [4.78, 5) is 25.5. The second kappa shape index (κ2) is 10.0. The van der Waals surface area contributed by atoms with Gasteiger partial charge in [-0.2, -0.15) is 13.2 Å². The number of esters is 1. The first-order chi connectivity index (χ1) is 16.3. The van der Waals surface area contributed by atoms with Crippen molar-refractivity contribution in [3.63, 3.8) is 0 Å². The number of nitrogens with zero attached hydrogens (tertiary/aromatic N) is 1. The van der Waals surface area contributed by atoms with Crippen LogP contribution in [0, 0.1) is 12.8 Å². The van der Waals surface area contributed by atoms with Gasteiger partial charge in [-0.05, 0) is 50.8 Å². The largest absolute Gasteiger partial charge is 0.493 e. The van der Waals surface area contributed by atoms with Gasteiger partial charge in [0.05, 0.1) is 12.3 Å². The number of fused-ring (bicyclic) bond motifs is 3. The highest BCUT2D eigenvalue weighted by atomic mass is 19.4. The molecule has 1 unspecified atom stereocenters. The van der Waals surface area contributed by atoms with Crippen LogP contribution in [0.3, 0.4) is 0 Å². The van der Waals surface area contributed by atoms with Crippen LogP contribution in [0.25, 0.3) is 11.3 Å². The number of carbonyl (C=O) groups excluding carboxylic acids is 1. The van der Waals surface area contributed by atoms with Gasteiger partial charge in [0, 0.05) is 49.6 Å². The Morgan fingerprint density at radius 1 is 1.17 bits per heavy atom. The van der Waals surface area contributed by atoms with Gasteiger partial charge in [0.15, 0.2) is 5.43 Å². The molecule has 0 bridgehead atoms. The monoisotopic (exact) mass is 495 g/mol. The van der Waals surface area contributed by atoms with E-state index in [0.29, 0.717) is 36.3 Å². The molecule has 3 rings (SSSR count). The zero-order chi connectivity index (χ0) is 26.1. The fourth-order valence-corrected chi connectivity index (χ4v) is 4.06. The maximum absolute atomic E-state index is 13.4. The molecule has 9 heteroatoms. The Morgan fingerprint density at radius 2 is 1.86 bits per heavy atom. The van der Waals surface area contributed by atoms with Crippen LogP contribution in [-0.4, -0.2) is 42.6 Å². The van der Waals surface area contributed by atoms with Crippen molar-refractivity contribution < 1.29 is 32.2 Å². The molecule has 0 amide bonds. The summed E-state index contributed by atoms with van der Waals surface area (Å²) in [5.41, 5.74) is -0.333. The van der Waals surface area contributed by atoms with Crippen molar-refractivity contribution >= 4 is 5.97 Å². The Morgan fingerprint density at radius 3 is 2.46 bits per heavy atom. The summed E-state index contributed by atoms with van der Waals surface area (Å²) in [6, 6.07) is 4.73. The molecule has 0 fully saturated rings. The molecular weight excluding hydrogens is 463 g/mol. The van der Waals surface area contributed by atoms with E-state index >= 15 is 0 Å². The summed E-state index contributed by atoms with van der Waals surface area (Å²) in [5, 5.41) is 0. The molecule has 1 aliphatic heterocycles. The first-order valence-electron chi connectivity index (χ1n) is 11.6. The number of alkyl halides is 3. The molecule has 192 valence electrons. The van der Waals surface area contributed by atoms with E-state index in [1.165, 1.54) is 12.1 Å². The van der Waals surface area contributed by atoms with Crippen LogP contribution >= 0.6 is 0 Å². The van der Waals surface area contributed by atoms with Crippen molar-refractivity contribution in [2.75, 3.05) is 20.3 Å². The van der Waals surface area contributed by atoms with Gasteiger partial charge in [-0.15, -0.1) is 0 Å². The topological polar surface area (TPSA) is 66.8 Å². The van der Waals surface area contributed by atoms with Crippen LogP contribution in [0.5, 0.6) is 5.75 Å². The maximum Gasteiger partial charge on any atom is 0.427 e. The Bertz CT molecular complexity index is 1150. The lowest BCUT2D eigenvalue weighted by molar-refractivity contribution is -0.244. The number of pyridine rings is 1. The van der Waals surface area contributed by atoms with Crippen LogP contribution in [0.4, 0.5) is 13.2 Å². The number of aromatic nitrogens is 1. The van der Waals surface area contributed by atoms with E-state index in [9.17, 15) is 22.8 Å². The zero-order valence-electron chi connectivity index (χ0n) is 20.9. The molecule has 0 saturated carbocycles. The summed E-state index contributed by atoms with van der Waals surface area (Å²) in [5.74, 6) is -0.760. The third-order valence-corrected chi connectivity index (χ3v) is 6.31. The number of ether oxygens (including phenoxy) is 3. The zero-order valence-corrected chi connectivity index (χ0v) is 20.9. The third kappa shape index (κ3) is 5.55. The minimum absolute atomic E-state index is 0.0557. The van der Waals surface area contributed by atoms with Crippen molar-refractivity contribution in [1.29, 1.82) is 0 Å². The van der Waals surface area contributed by atoms with E-state index < -0.39 is 17.7 Å². The first-order valence-corrected chi connectivity index (χ1v) is 11.6. The van der Waals surface area contributed by atoms with E-state index in [1.807, 2.05) is 4.57 Å². The van der Waals surface area contributed by atoms with Gasteiger partial charge in [-0.1, -0.05) is 13.8 Å². The number of halogens is 3. The predicted molar refractivity (Wildman–Crippen MR) is 126 cm³/mol. The second-order valence-corrected chi connectivity index (χ2v) is 9.73. The Kier molecular flexibility index (Phi) is 7.69. The minimum atomic E-state index is -4.75. The van der Waals surface area contributed by atoms with Gasteiger partial charge in [-0.3, -0.25) is 4.79 Å². The number of carbonyl (C=O) groups is 1. The normalized spacial score (nSPS) is 15.5. The van der Waals surface area contributed by atoms with Gasteiger partial charge in [0.25, 0.3) is 0 Å². The number of methoxy groups -OCH3 is 1. The first kappa shape index (κ1) is 26.8. The molecule has 0 N–H and O–H groups in total. The van der Waals surface area contributed by atoms with Crippen molar-refractivity contribution in [2.24, 2.45) is 5.92 Å². The van der Waals surface area contributed by atoms with E-state index in [0.717, 1.165) is 19.4 Å². The molecule has 1 aliphatic rings. The lowest BCUT2D eigenvalue weighted by Crippen LogP contribution is -2.43. The Hall–Kier alpha value is -2.81. The molecule has 6 nitrogen and oxygen atoms in total. The average Bonchev–Trinajstić information content (AvgIpc) is 2.75. The lowest BCUT2D eigenvalue weighted by atomic mass is 9.86. The van der Waals surface area contributed by atoms with E-state index in [2.05, 4.69) is 13.8 Å². The summed E-state index contributed by atoms with van der Waals surface area (Å²) >= 11 is 0. The molecule has 0 radical (unpaired) electrons. The highest BCUT2D eigenvalue weighted by molar-refractivity contribution is 5.95. The van der Waals surface area contributed by atoms with E-state index in [4.69, 9.17) is 14.2 Å². The molecular formula is C26H32F3NO5. The standard InChI is InChI=1S/C26H32F3NO5/c1-15(2)20-10-17-11-23(34-9-7-8-33-6)19(24(32)35-25(4,5)26(27,28)29)12-18(17)21-13-22(31)16(3)14-30(20)21/h11-15,20H,7-10H2,1-6H3. The van der Waals surface area contributed by atoms with E-state index in [-0.39, 0.29) is 35.3 Å². The van der Waals surface area contributed by atoms with Gasteiger partial charge in [0.2, 0.25) is 5.60 Å². The molecule has 0 aliphatic carbocycles.